The summed E-state index contributed by atoms with van der Waals surface area (Å²) < 4.78 is 6.10. The number of carbonyl (C=O) groups is 1. The van der Waals surface area contributed by atoms with Gasteiger partial charge in [-0.05, 0) is 64.1 Å². The van der Waals surface area contributed by atoms with Gasteiger partial charge in [0.2, 0.25) is 0 Å². The molecule has 4 aromatic rings. The number of nitrogens with one attached hydrogen (secondary N) is 1. The molecule has 4 aromatic carbocycles. The minimum absolute atomic E-state index is 0.0652. The van der Waals surface area contributed by atoms with Crippen LogP contribution in [0.2, 0.25) is 0 Å². The maximum atomic E-state index is 13.6. The van der Waals surface area contributed by atoms with Gasteiger partial charge in [-0.15, -0.1) is 0 Å². The van der Waals surface area contributed by atoms with Crippen LogP contribution in [0.15, 0.2) is 96.6 Å². The van der Waals surface area contributed by atoms with E-state index in [1.807, 2.05) is 48.5 Å². The number of fused-ring (bicyclic) bond motifs is 4. The number of ether oxygens (including phenoxy) is 1. The van der Waals surface area contributed by atoms with Gasteiger partial charge in [0, 0.05) is 23.2 Å². The largest absolute Gasteiger partial charge is 0.457 e. The van der Waals surface area contributed by atoms with E-state index in [0.29, 0.717) is 6.42 Å². The number of anilines is 1. The highest BCUT2D eigenvalue weighted by atomic mass is 16.5. The topological polar surface area (TPSA) is 38.3 Å². The third-order valence-corrected chi connectivity index (χ3v) is 6.91. The summed E-state index contributed by atoms with van der Waals surface area (Å²) in [5.41, 5.74) is 5.33. The van der Waals surface area contributed by atoms with Crippen LogP contribution in [0.5, 0.6) is 11.5 Å². The summed E-state index contributed by atoms with van der Waals surface area (Å²) in [7, 11) is 0. The van der Waals surface area contributed by atoms with Crippen LogP contribution < -0.4 is 10.1 Å². The number of benzene rings is 4. The van der Waals surface area contributed by atoms with Gasteiger partial charge in [0.25, 0.3) is 0 Å². The molecular formula is C31H27NO2. The van der Waals surface area contributed by atoms with Gasteiger partial charge >= 0.3 is 0 Å². The molecule has 0 fully saturated rings. The molecule has 0 aromatic heterocycles. The van der Waals surface area contributed by atoms with E-state index in [9.17, 15) is 4.79 Å². The van der Waals surface area contributed by atoms with Crippen LogP contribution in [0.4, 0.5) is 5.69 Å². The number of Topliss-reactive ketones (excluding diaryl/α,β-unsaturated/α-hetero) is 1. The fourth-order valence-electron chi connectivity index (χ4n) is 5.47. The Morgan fingerprint density at radius 1 is 0.824 bits per heavy atom. The Balaban J connectivity index is 1.50. The summed E-state index contributed by atoms with van der Waals surface area (Å²) in [6.45, 7) is 4.40. The van der Waals surface area contributed by atoms with Crippen LogP contribution in [0.1, 0.15) is 43.9 Å². The standard InChI is InChI=1S/C31H27NO2/c1-31(2)18-25-28-24-14-7-6-9-20(24)15-16-26(28)32-30(29(25)27(33)19-31)21-10-8-13-23(17-21)34-22-11-4-3-5-12-22/h3-17,30,32H,18-19H2,1-2H3/t30-/m0/s1. The fourth-order valence-corrected chi connectivity index (χ4v) is 5.47. The normalized spacial score (nSPS) is 18.8. The molecule has 0 spiro atoms. The summed E-state index contributed by atoms with van der Waals surface area (Å²) in [5.74, 6) is 1.79. The molecule has 3 nitrogen and oxygen atoms in total. The molecule has 0 unspecified atom stereocenters. The van der Waals surface area contributed by atoms with E-state index in [1.165, 1.54) is 21.9 Å². The lowest BCUT2D eigenvalue weighted by atomic mass is 9.68. The van der Waals surface area contributed by atoms with Crippen molar-refractivity contribution >= 4 is 27.8 Å². The second-order valence-corrected chi connectivity index (χ2v) is 10.1. The molecular weight excluding hydrogens is 418 g/mol. The fraction of sp³-hybridized carbons (Fsp3) is 0.194. The molecule has 3 heteroatoms. The van der Waals surface area contributed by atoms with Crippen LogP contribution in [0.3, 0.4) is 0 Å². The van der Waals surface area contributed by atoms with E-state index in [-0.39, 0.29) is 17.2 Å². The van der Waals surface area contributed by atoms with E-state index in [4.69, 9.17) is 4.74 Å². The van der Waals surface area contributed by atoms with E-state index in [2.05, 4.69) is 61.6 Å². The van der Waals surface area contributed by atoms with Crippen molar-refractivity contribution in [3.63, 3.8) is 0 Å². The van der Waals surface area contributed by atoms with Crippen LogP contribution in [-0.2, 0) is 4.79 Å². The van der Waals surface area contributed by atoms with Crippen molar-refractivity contribution in [3.8, 4) is 11.5 Å². The lowest BCUT2D eigenvalue weighted by Gasteiger charge is -2.40. The first kappa shape index (κ1) is 20.7. The van der Waals surface area contributed by atoms with Gasteiger partial charge in [-0.1, -0.05) is 74.5 Å². The lowest BCUT2D eigenvalue weighted by molar-refractivity contribution is -0.118. The summed E-state index contributed by atoms with van der Waals surface area (Å²) in [6, 6.07) is 30.5. The third kappa shape index (κ3) is 3.58. The van der Waals surface area contributed by atoms with E-state index in [0.717, 1.165) is 34.7 Å². The highest BCUT2D eigenvalue weighted by Crippen LogP contribution is 2.52. The number of rotatable bonds is 3. The van der Waals surface area contributed by atoms with Gasteiger partial charge in [-0.2, -0.15) is 0 Å². The SMILES string of the molecule is CC1(C)CC(=O)C2=C(C1)c1c(ccc3ccccc13)N[C@H]2c1cccc(Oc2ccccc2)c1. The monoisotopic (exact) mass is 445 g/mol. The van der Waals surface area contributed by atoms with Gasteiger partial charge in [0.05, 0.1) is 6.04 Å². The van der Waals surface area contributed by atoms with Crippen LogP contribution in [-0.4, -0.2) is 5.78 Å². The Morgan fingerprint density at radius 2 is 1.59 bits per heavy atom. The molecule has 0 amide bonds. The quantitative estimate of drug-likeness (QED) is 0.348. The molecule has 0 saturated carbocycles. The van der Waals surface area contributed by atoms with Crippen molar-refractivity contribution < 1.29 is 9.53 Å². The highest BCUT2D eigenvalue weighted by Gasteiger charge is 2.40. The van der Waals surface area contributed by atoms with Crippen molar-refractivity contribution in [1.29, 1.82) is 0 Å². The van der Waals surface area contributed by atoms with Gasteiger partial charge in [-0.3, -0.25) is 4.79 Å². The molecule has 1 N–H and O–H groups in total. The second-order valence-electron chi connectivity index (χ2n) is 10.1. The number of hydrogen-bond donors (Lipinski definition) is 1. The Bertz CT molecular complexity index is 1450. The summed E-state index contributed by atoms with van der Waals surface area (Å²) in [4.78, 5) is 13.6. The molecule has 1 aliphatic carbocycles. The Hall–Kier alpha value is -3.85. The molecule has 1 aliphatic heterocycles. The summed E-state index contributed by atoms with van der Waals surface area (Å²) in [5, 5.41) is 6.12. The minimum Gasteiger partial charge on any atom is -0.457 e. The zero-order valence-corrected chi connectivity index (χ0v) is 19.5. The maximum absolute atomic E-state index is 13.6. The Labute approximate surface area is 200 Å². The first-order valence-electron chi connectivity index (χ1n) is 11.9. The van der Waals surface area contributed by atoms with Gasteiger partial charge in [0.15, 0.2) is 5.78 Å². The van der Waals surface area contributed by atoms with Crippen molar-refractivity contribution in [3.05, 3.63) is 108 Å². The molecule has 1 heterocycles. The lowest BCUT2D eigenvalue weighted by Crippen LogP contribution is -2.33. The van der Waals surface area contributed by atoms with Gasteiger partial charge < -0.3 is 10.1 Å². The third-order valence-electron chi connectivity index (χ3n) is 6.91. The average molecular weight is 446 g/mol. The van der Waals surface area contributed by atoms with Crippen molar-refractivity contribution in [2.75, 3.05) is 5.32 Å². The number of para-hydroxylation sites is 1. The smallest absolute Gasteiger partial charge is 0.162 e. The average Bonchev–Trinajstić information content (AvgIpc) is 2.83. The predicted octanol–water partition coefficient (Wildman–Crippen LogP) is 7.94. The maximum Gasteiger partial charge on any atom is 0.162 e. The zero-order chi connectivity index (χ0) is 23.3. The molecule has 168 valence electrons. The molecule has 0 bridgehead atoms. The van der Waals surface area contributed by atoms with Crippen LogP contribution in [0.25, 0.3) is 16.3 Å². The summed E-state index contributed by atoms with van der Waals surface area (Å²) in [6.07, 6.45) is 1.44. The highest BCUT2D eigenvalue weighted by molar-refractivity contribution is 6.12. The molecule has 0 radical (unpaired) electrons. The number of ketones is 1. The Morgan fingerprint density at radius 3 is 2.44 bits per heavy atom. The number of allylic oxidation sites excluding steroid dienone is 1. The second kappa shape index (κ2) is 7.88. The summed E-state index contributed by atoms with van der Waals surface area (Å²) >= 11 is 0. The van der Waals surface area contributed by atoms with E-state index >= 15 is 0 Å². The molecule has 0 saturated heterocycles. The first-order chi connectivity index (χ1) is 16.5. The van der Waals surface area contributed by atoms with Crippen LogP contribution >= 0.6 is 0 Å². The number of carbonyl (C=O) groups excluding carboxylic acids is 1. The van der Waals surface area contributed by atoms with Gasteiger partial charge in [0.1, 0.15) is 11.5 Å². The number of hydrogen-bond acceptors (Lipinski definition) is 3. The van der Waals surface area contributed by atoms with Crippen LogP contribution in [0, 0.1) is 5.41 Å². The molecule has 6 rings (SSSR count). The predicted molar refractivity (Wildman–Crippen MR) is 138 cm³/mol. The minimum atomic E-state index is -0.202. The van der Waals surface area contributed by atoms with Crippen molar-refractivity contribution in [1.82, 2.24) is 0 Å². The van der Waals surface area contributed by atoms with Crippen molar-refractivity contribution in [2.45, 2.75) is 32.7 Å². The van der Waals surface area contributed by atoms with E-state index < -0.39 is 0 Å². The van der Waals surface area contributed by atoms with Gasteiger partial charge in [-0.25, -0.2) is 0 Å². The first-order valence-corrected chi connectivity index (χ1v) is 11.9. The van der Waals surface area contributed by atoms with Crippen molar-refractivity contribution in [2.24, 2.45) is 5.41 Å². The molecule has 34 heavy (non-hydrogen) atoms. The molecule has 1 atom stereocenters. The zero-order valence-electron chi connectivity index (χ0n) is 19.5. The Kier molecular flexibility index (Phi) is 4.80. The molecule has 2 aliphatic rings. The van der Waals surface area contributed by atoms with E-state index in [1.54, 1.807) is 0 Å².